The number of aryl methyl sites for hydroxylation is 1. The molecule has 0 bridgehead atoms. The minimum Gasteiger partial charge on any atom is -0.494 e. The second-order valence-electron chi connectivity index (χ2n) is 3.34. The fraction of sp³-hybridized carbons (Fsp3) is 0.455. The fourth-order valence-corrected chi connectivity index (χ4v) is 1.35. The van der Waals surface area contributed by atoms with Crippen molar-refractivity contribution in [1.29, 1.82) is 0 Å². The number of aliphatic hydroxyl groups is 2. The molecule has 0 fully saturated rings. The van der Waals surface area contributed by atoms with Crippen molar-refractivity contribution in [3.05, 3.63) is 29.6 Å². The van der Waals surface area contributed by atoms with Gasteiger partial charge in [0.15, 0.2) is 17.9 Å². The molecule has 0 spiro atoms. The Morgan fingerprint density at radius 2 is 2.13 bits per heavy atom. The monoisotopic (exact) mass is 214 g/mol. The molecule has 0 heterocycles. The molecule has 0 aliphatic heterocycles. The van der Waals surface area contributed by atoms with Crippen molar-refractivity contribution < 1.29 is 19.3 Å². The Morgan fingerprint density at radius 3 is 2.73 bits per heavy atom. The molecule has 0 aliphatic rings. The zero-order chi connectivity index (χ0) is 11.3. The smallest absolute Gasteiger partial charge is 0.165 e. The molecule has 0 saturated heterocycles. The third-order valence-corrected chi connectivity index (χ3v) is 2.14. The summed E-state index contributed by atoms with van der Waals surface area (Å²) in [6.07, 6.45) is 0.368. The van der Waals surface area contributed by atoms with Crippen LogP contribution >= 0.6 is 0 Å². The Morgan fingerprint density at radius 1 is 1.40 bits per heavy atom. The van der Waals surface area contributed by atoms with E-state index in [1.165, 1.54) is 13.2 Å². The number of halogens is 1. The Balaban J connectivity index is 2.54. The quantitative estimate of drug-likeness (QED) is 0.730. The van der Waals surface area contributed by atoms with E-state index in [9.17, 15) is 4.39 Å². The lowest BCUT2D eigenvalue weighted by Gasteiger charge is -2.06. The Bertz CT molecular complexity index is 313. The molecule has 0 radical (unpaired) electrons. The summed E-state index contributed by atoms with van der Waals surface area (Å²) in [4.78, 5) is 0. The van der Waals surface area contributed by atoms with Gasteiger partial charge in [-0.25, -0.2) is 4.39 Å². The predicted molar refractivity (Wildman–Crippen MR) is 54.1 cm³/mol. The number of benzene rings is 1. The van der Waals surface area contributed by atoms with Crippen molar-refractivity contribution in [3.63, 3.8) is 0 Å². The molecule has 4 heteroatoms. The summed E-state index contributed by atoms with van der Waals surface area (Å²) >= 11 is 0. The molecule has 0 unspecified atom stereocenters. The van der Waals surface area contributed by atoms with E-state index >= 15 is 0 Å². The molecule has 3 nitrogen and oxygen atoms in total. The van der Waals surface area contributed by atoms with Gasteiger partial charge in [-0.2, -0.15) is 0 Å². The van der Waals surface area contributed by atoms with E-state index in [0.717, 1.165) is 5.56 Å². The molecule has 84 valence electrons. The molecule has 1 rings (SSSR count). The highest BCUT2D eigenvalue weighted by Crippen LogP contribution is 2.19. The fourth-order valence-electron chi connectivity index (χ4n) is 1.35. The number of hydrogen-bond acceptors (Lipinski definition) is 3. The van der Waals surface area contributed by atoms with Gasteiger partial charge in [0.1, 0.15) is 0 Å². The van der Waals surface area contributed by atoms with Gasteiger partial charge in [-0.15, -0.1) is 0 Å². The molecule has 1 aromatic carbocycles. The number of rotatable bonds is 5. The molecular formula is C11H15FO3. The highest BCUT2D eigenvalue weighted by Gasteiger charge is 2.04. The van der Waals surface area contributed by atoms with Gasteiger partial charge in [-0.3, -0.25) is 0 Å². The summed E-state index contributed by atoms with van der Waals surface area (Å²) in [5, 5.41) is 17.3. The molecular weight excluding hydrogens is 199 g/mol. The van der Waals surface area contributed by atoms with Crippen molar-refractivity contribution in [1.82, 2.24) is 0 Å². The van der Waals surface area contributed by atoms with E-state index in [0.29, 0.717) is 19.3 Å². The lowest BCUT2D eigenvalue weighted by atomic mass is 10.1. The lowest BCUT2D eigenvalue weighted by molar-refractivity contribution is -0.0461. The van der Waals surface area contributed by atoms with Crippen LogP contribution < -0.4 is 4.74 Å². The third kappa shape index (κ3) is 3.85. The van der Waals surface area contributed by atoms with E-state index < -0.39 is 6.29 Å². The van der Waals surface area contributed by atoms with Gasteiger partial charge in [0.2, 0.25) is 0 Å². The van der Waals surface area contributed by atoms with E-state index in [2.05, 4.69) is 0 Å². The van der Waals surface area contributed by atoms with Gasteiger partial charge >= 0.3 is 0 Å². The Labute approximate surface area is 88.1 Å². The number of aliphatic hydroxyl groups excluding tert-OH is 1. The Kier molecular flexibility index (Phi) is 4.52. The van der Waals surface area contributed by atoms with Gasteiger partial charge in [-0.05, 0) is 37.0 Å². The molecule has 0 aliphatic carbocycles. The minimum atomic E-state index is -1.27. The standard InChI is InChI=1S/C11H15FO3/c1-15-10-7-8(5-6-9(10)12)3-2-4-11(13)14/h5-7,11,13-14H,2-4H2,1H3. The van der Waals surface area contributed by atoms with Crippen molar-refractivity contribution in [2.24, 2.45) is 0 Å². The van der Waals surface area contributed by atoms with E-state index in [-0.39, 0.29) is 11.6 Å². The van der Waals surface area contributed by atoms with Crippen LogP contribution in [0.4, 0.5) is 4.39 Å². The lowest BCUT2D eigenvalue weighted by Crippen LogP contribution is -2.04. The summed E-state index contributed by atoms with van der Waals surface area (Å²) < 4.78 is 17.9. The molecule has 0 atom stereocenters. The first-order valence-corrected chi connectivity index (χ1v) is 4.82. The van der Waals surface area contributed by atoms with Gasteiger partial charge in [-0.1, -0.05) is 6.07 Å². The summed E-state index contributed by atoms with van der Waals surface area (Å²) in [7, 11) is 1.42. The summed E-state index contributed by atoms with van der Waals surface area (Å²) in [6, 6.07) is 4.64. The maximum atomic E-state index is 13.0. The van der Waals surface area contributed by atoms with E-state index in [1.54, 1.807) is 12.1 Å². The van der Waals surface area contributed by atoms with Crippen LogP contribution in [0.5, 0.6) is 5.75 Å². The molecule has 1 aromatic rings. The van der Waals surface area contributed by atoms with Gasteiger partial charge < -0.3 is 14.9 Å². The average molecular weight is 214 g/mol. The van der Waals surface area contributed by atoms with Gasteiger partial charge in [0.05, 0.1) is 7.11 Å². The number of hydrogen-bond donors (Lipinski definition) is 2. The van der Waals surface area contributed by atoms with Crippen LogP contribution in [-0.2, 0) is 6.42 Å². The normalized spacial score (nSPS) is 10.7. The first kappa shape index (κ1) is 11.9. The van der Waals surface area contributed by atoms with Crippen LogP contribution in [0, 0.1) is 5.82 Å². The second kappa shape index (κ2) is 5.68. The van der Waals surface area contributed by atoms with Crippen molar-refractivity contribution in [3.8, 4) is 5.75 Å². The predicted octanol–water partition coefficient (Wildman–Crippen LogP) is 1.47. The van der Waals surface area contributed by atoms with E-state index in [1.807, 2.05) is 0 Å². The van der Waals surface area contributed by atoms with Crippen molar-refractivity contribution >= 4 is 0 Å². The van der Waals surface area contributed by atoms with Crippen LogP contribution in [0.3, 0.4) is 0 Å². The van der Waals surface area contributed by atoms with Gasteiger partial charge in [0.25, 0.3) is 0 Å². The van der Waals surface area contributed by atoms with Gasteiger partial charge in [0, 0.05) is 0 Å². The molecule has 0 saturated carbocycles. The van der Waals surface area contributed by atoms with Crippen LogP contribution in [0.25, 0.3) is 0 Å². The summed E-state index contributed by atoms with van der Waals surface area (Å²) in [5.74, 6) is -0.166. The summed E-state index contributed by atoms with van der Waals surface area (Å²) in [6.45, 7) is 0. The zero-order valence-corrected chi connectivity index (χ0v) is 8.61. The van der Waals surface area contributed by atoms with Crippen molar-refractivity contribution in [2.75, 3.05) is 7.11 Å². The first-order chi connectivity index (χ1) is 7.13. The van der Waals surface area contributed by atoms with Crippen LogP contribution in [-0.4, -0.2) is 23.6 Å². The second-order valence-corrected chi connectivity index (χ2v) is 3.34. The maximum absolute atomic E-state index is 13.0. The van der Waals surface area contributed by atoms with Crippen LogP contribution in [0.2, 0.25) is 0 Å². The highest BCUT2D eigenvalue weighted by molar-refractivity contribution is 5.30. The maximum Gasteiger partial charge on any atom is 0.165 e. The first-order valence-electron chi connectivity index (χ1n) is 4.82. The van der Waals surface area contributed by atoms with E-state index in [4.69, 9.17) is 14.9 Å². The largest absolute Gasteiger partial charge is 0.494 e. The van der Waals surface area contributed by atoms with Crippen LogP contribution in [0.15, 0.2) is 18.2 Å². The minimum absolute atomic E-state index is 0.219. The summed E-state index contributed by atoms with van der Waals surface area (Å²) in [5.41, 5.74) is 0.925. The molecule has 15 heavy (non-hydrogen) atoms. The highest BCUT2D eigenvalue weighted by atomic mass is 19.1. The number of methoxy groups -OCH3 is 1. The van der Waals surface area contributed by atoms with Crippen LogP contribution in [0.1, 0.15) is 18.4 Å². The average Bonchev–Trinajstić information content (AvgIpc) is 2.20. The molecule has 2 N–H and O–H groups in total. The zero-order valence-electron chi connectivity index (χ0n) is 8.61. The Hall–Kier alpha value is -1.13. The third-order valence-electron chi connectivity index (χ3n) is 2.14. The van der Waals surface area contributed by atoms with Crippen molar-refractivity contribution in [2.45, 2.75) is 25.6 Å². The topological polar surface area (TPSA) is 49.7 Å². The SMILES string of the molecule is COc1cc(CCCC(O)O)ccc1F. The molecule has 0 amide bonds. The number of ether oxygens (including phenoxy) is 1. The molecule has 0 aromatic heterocycles.